The highest BCUT2D eigenvalue weighted by Crippen LogP contribution is 2.15. The zero-order chi connectivity index (χ0) is 25.1. The molecule has 34 heavy (non-hydrogen) atoms. The highest BCUT2D eigenvalue weighted by molar-refractivity contribution is 6.20. The first-order valence-electron chi connectivity index (χ1n) is 15.2. The second-order valence-electron chi connectivity index (χ2n) is 10.3. The lowest BCUT2D eigenvalue weighted by atomic mass is 10.1. The van der Waals surface area contributed by atoms with Crippen molar-refractivity contribution in [2.75, 3.05) is 13.1 Å². The first-order chi connectivity index (χ1) is 16.7. The summed E-state index contributed by atoms with van der Waals surface area (Å²) in [6.45, 7) is 8.11. The molecule has 1 amide bonds. The number of rotatable bonds is 26. The SMILES string of the molecule is CCCCCCCCCCCCCN(CCCCCCCCCCCCC)C(=O)OC(Cl)CC. The van der Waals surface area contributed by atoms with Gasteiger partial charge < -0.3 is 9.64 Å². The number of alkyl halides is 1. The van der Waals surface area contributed by atoms with Crippen LogP contribution in [0.2, 0.25) is 0 Å². The van der Waals surface area contributed by atoms with Crippen molar-refractivity contribution in [2.24, 2.45) is 0 Å². The highest BCUT2D eigenvalue weighted by atomic mass is 35.5. The van der Waals surface area contributed by atoms with E-state index in [9.17, 15) is 4.79 Å². The normalized spacial score (nSPS) is 12.1. The summed E-state index contributed by atoms with van der Waals surface area (Å²) in [4.78, 5) is 14.5. The molecule has 0 aromatic rings. The van der Waals surface area contributed by atoms with Gasteiger partial charge in [0, 0.05) is 13.1 Å². The molecule has 0 aliphatic rings. The number of unbranched alkanes of at least 4 members (excludes halogenated alkanes) is 20. The predicted octanol–water partition coefficient (Wildman–Crippen LogP) is 11.0. The minimum atomic E-state index is -0.510. The molecule has 0 rings (SSSR count). The lowest BCUT2D eigenvalue weighted by Gasteiger charge is -2.23. The Labute approximate surface area is 219 Å². The van der Waals surface area contributed by atoms with Crippen LogP contribution in [0.5, 0.6) is 0 Å². The van der Waals surface area contributed by atoms with Crippen LogP contribution in [-0.4, -0.2) is 29.6 Å². The molecular formula is C30H60ClNO2. The van der Waals surface area contributed by atoms with Gasteiger partial charge in [-0.25, -0.2) is 4.79 Å². The van der Waals surface area contributed by atoms with Gasteiger partial charge in [0.1, 0.15) is 0 Å². The average molecular weight is 502 g/mol. The zero-order valence-corrected chi connectivity index (χ0v) is 24.2. The molecule has 1 unspecified atom stereocenters. The third-order valence-corrected chi connectivity index (χ3v) is 7.27. The van der Waals surface area contributed by atoms with Crippen molar-refractivity contribution in [3.05, 3.63) is 0 Å². The van der Waals surface area contributed by atoms with Gasteiger partial charge in [-0.1, -0.05) is 161 Å². The molecule has 0 aromatic heterocycles. The van der Waals surface area contributed by atoms with E-state index in [1.807, 2.05) is 11.8 Å². The fourth-order valence-corrected chi connectivity index (χ4v) is 4.57. The summed E-state index contributed by atoms with van der Waals surface area (Å²) < 4.78 is 5.41. The van der Waals surface area contributed by atoms with E-state index in [-0.39, 0.29) is 6.09 Å². The van der Waals surface area contributed by atoms with Crippen molar-refractivity contribution in [1.29, 1.82) is 0 Å². The molecule has 0 heterocycles. The van der Waals surface area contributed by atoms with Crippen LogP contribution in [0.25, 0.3) is 0 Å². The summed E-state index contributed by atoms with van der Waals surface area (Å²) in [7, 11) is 0. The molecule has 0 fully saturated rings. The third-order valence-electron chi connectivity index (χ3n) is 6.87. The molecule has 3 nitrogen and oxygen atoms in total. The topological polar surface area (TPSA) is 29.5 Å². The van der Waals surface area contributed by atoms with E-state index in [1.165, 1.54) is 128 Å². The largest absolute Gasteiger partial charge is 0.430 e. The van der Waals surface area contributed by atoms with E-state index >= 15 is 0 Å². The van der Waals surface area contributed by atoms with Crippen LogP contribution in [0.3, 0.4) is 0 Å². The van der Waals surface area contributed by atoms with Crippen LogP contribution in [0.15, 0.2) is 0 Å². The van der Waals surface area contributed by atoms with Gasteiger partial charge in [0.2, 0.25) is 0 Å². The minimum Gasteiger partial charge on any atom is -0.430 e. The Morgan fingerprint density at radius 1 is 0.559 bits per heavy atom. The molecule has 0 radical (unpaired) electrons. The number of amides is 1. The smallest absolute Gasteiger partial charge is 0.411 e. The van der Waals surface area contributed by atoms with Gasteiger partial charge in [0.05, 0.1) is 0 Å². The van der Waals surface area contributed by atoms with E-state index < -0.39 is 5.56 Å². The molecule has 0 bridgehead atoms. The van der Waals surface area contributed by atoms with Crippen molar-refractivity contribution in [2.45, 2.75) is 174 Å². The maximum atomic E-state index is 12.6. The molecule has 0 saturated heterocycles. The van der Waals surface area contributed by atoms with Crippen molar-refractivity contribution >= 4 is 17.7 Å². The molecule has 0 aliphatic carbocycles. The molecule has 4 heteroatoms. The second kappa shape index (κ2) is 27.2. The summed E-state index contributed by atoms with van der Waals surface area (Å²) in [5, 5.41) is 0. The first kappa shape index (κ1) is 33.6. The van der Waals surface area contributed by atoms with Crippen LogP contribution in [0, 0.1) is 0 Å². The molecule has 0 aliphatic heterocycles. The quantitative estimate of drug-likeness (QED) is 0.0870. The zero-order valence-electron chi connectivity index (χ0n) is 23.4. The number of hydrogen-bond acceptors (Lipinski definition) is 2. The monoisotopic (exact) mass is 501 g/mol. The summed E-state index contributed by atoms with van der Waals surface area (Å²) in [5.74, 6) is 0. The van der Waals surface area contributed by atoms with Crippen molar-refractivity contribution < 1.29 is 9.53 Å². The second-order valence-corrected chi connectivity index (χ2v) is 10.7. The van der Waals surface area contributed by atoms with E-state index in [0.29, 0.717) is 6.42 Å². The van der Waals surface area contributed by atoms with Crippen LogP contribution >= 0.6 is 11.6 Å². The number of nitrogens with zero attached hydrogens (tertiary/aromatic N) is 1. The van der Waals surface area contributed by atoms with Crippen molar-refractivity contribution in [3.8, 4) is 0 Å². The maximum Gasteiger partial charge on any atom is 0.411 e. The summed E-state index contributed by atoms with van der Waals surface area (Å²) in [6.07, 6.45) is 29.6. The van der Waals surface area contributed by atoms with E-state index in [1.54, 1.807) is 0 Å². The first-order valence-corrected chi connectivity index (χ1v) is 15.7. The summed E-state index contributed by atoms with van der Waals surface area (Å²) in [5.41, 5.74) is -0.510. The molecular weight excluding hydrogens is 442 g/mol. The van der Waals surface area contributed by atoms with E-state index in [4.69, 9.17) is 16.3 Å². The Balaban J connectivity index is 3.89. The molecule has 204 valence electrons. The van der Waals surface area contributed by atoms with Gasteiger partial charge in [-0.3, -0.25) is 0 Å². The fourth-order valence-electron chi connectivity index (χ4n) is 4.50. The standard InChI is InChI=1S/C30H60ClNO2/c1-4-7-9-11-13-15-17-19-21-23-25-27-32(30(33)34-29(31)6-3)28-26-24-22-20-18-16-14-12-10-8-5-2/h29H,4-28H2,1-3H3. The Hall–Kier alpha value is -0.440. The molecule has 1 atom stereocenters. The Morgan fingerprint density at radius 2 is 0.853 bits per heavy atom. The molecule has 0 saturated carbocycles. The maximum absolute atomic E-state index is 12.6. The average Bonchev–Trinajstić information content (AvgIpc) is 2.84. The lowest BCUT2D eigenvalue weighted by Crippen LogP contribution is -2.35. The Kier molecular flexibility index (Phi) is 26.8. The minimum absolute atomic E-state index is 0.221. The van der Waals surface area contributed by atoms with Crippen LogP contribution in [-0.2, 0) is 4.74 Å². The van der Waals surface area contributed by atoms with Gasteiger partial charge in [-0.15, -0.1) is 0 Å². The third kappa shape index (κ3) is 23.3. The van der Waals surface area contributed by atoms with Gasteiger partial charge >= 0.3 is 6.09 Å². The van der Waals surface area contributed by atoms with Gasteiger partial charge in [-0.2, -0.15) is 0 Å². The number of carbonyl (C=O) groups excluding carboxylic acids is 1. The summed E-state index contributed by atoms with van der Waals surface area (Å²) >= 11 is 6.08. The number of ether oxygens (including phenoxy) is 1. The lowest BCUT2D eigenvalue weighted by molar-refractivity contribution is 0.0882. The van der Waals surface area contributed by atoms with Crippen molar-refractivity contribution in [3.63, 3.8) is 0 Å². The van der Waals surface area contributed by atoms with Gasteiger partial charge in [0.25, 0.3) is 0 Å². The van der Waals surface area contributed by atoms with Gasteiger partial charge in [-0.05, 0) is 19.3 Å². The van der Waals surface area contributed by atoms with E-state index in [2.05, 4.69) is 13.8 Å². The Bertz CT molecular complexity index is 393. The van der Waals surface area contributed by atoms with Crippen LogP contribution < -0.4 is 0 Å². The molecule has 0 spiro atoms. The van der Waals surface area contributed by atoms with E-state index in [0.717, 1.165) is 25.9 Å². The van der Waals surface area contributed by atoms with Crippen LogP contribution in [0.4, 0.5) is 4.79 Å². The number of hydrogen-bond donors (Lipinski definition) is 0. The molecule has 0 N–H and O–H groups in total. The van der Waals surface area contributed by atoms with Crippen LogP contribution in [0.1, 0.15) is 168 Å². The Morgan fingerprint density at radius 3 is 1.15 bits per heavy atom. The number of carbonyl (C=O) groups is 1. The highest BCUT2D eigenvalue weighted by Gasteiger charge is 2.17. The fraction of sp³-hybridized carbons (Fsp3) is 0.967. The summed E-state index contributed by atoms with van der Waals surface area (Å²) in [6, 6.07) is 0. The number of halogens is 1. The molecule has 0 aromatic carbocycles. The van der Waals surface area contributed by atoms with Gasteiger partial charge in [0.15, 0.2) is 5.56 Å². The van der Waals surface area contributed by atoms with Crippen molar-refractivity contribution in [1.82, 2.24) is 4.90 Å². The predicted molar refractivity (Wildman–Crippen MR) is 151 cm³/mol.